The number of aryl methyl sites for hydroxylation is 2. The molecular formula is C16H23NO3. The summed E-state index contributed by atoms with van der Waals surface area (Å²) in [4.78, 5) is 11.5. The molecule has 0 radical (unpaired) electrons. The topological polar surface area (TPSA) is 58.6 Å². The van der Waals surface area contributed by atoms with Crippen molar-refractivity contribution in [2.45, 2.75) is 51.7 Å². The van der Waals surface area contributed by atoms with Crippen LogP contribution in [0.2, 0.25) is 0 Å². The predicted octanol–water partition coefficient (Wildman–Crippen LogP) is 2.67. The number of carbonyl (C=O) groups is 1. The maximum Gasteiger partial charge on any atom is 0.324 e. The SMILES string of the molecule is CCNC1(C(=O)O)CCC(Oc2ccc(C)c(C)c2)C1. The van der Waals surface area contributed by atoms with Gasteiger partial charge in [0.25, 0.3) is 0 Å². The van der Waals surface area contributed by atoms with Crippen LogP contribution in [0, 0.1) is 13.8 Å². The van der Waals surface area contributed by atoms with Crippen LogP contribution in [-0.2, 0) is 4.79 Å². The second-order valence-electron chi connectivity index (χ2n) is 5.65. The summed E-state index contributed by atoms with van der Waals surface area (Å²) in [6.45, 7) is 6.71. The highest BCUT2D eigenvalue weighted by atomic mass is 16.5. The van der Waals surface area contributed by atoms with Crippen LogP contribution < -0.4 is 10.1 Å². The summed E-state index contributed by atoms with van der Waals surface area (Å²) in [7, 11) is 0. The van der Waals surface area contributed by atoms with Gasteiger partial charge in [0.1, 0.15) is 17.4 Å². The van der Waals surface area contributed by atoms with Crippen molar-refractivity contribution >= 4 is 5.97 Å². The van der Waals surface area contributed by atoms with Gasteiger partial charge in [-0.25, -0.2) is 0 Å². The molecule has 0 aliphatic heterocycles. The van der Waals surface area contributed by atoms with Crippen LogP contribution in [0.4, 0.5) is 0 Å². The Bertz CT molecular complexity index is 500. The summed E-state index contributed by atoms with van der Waals surface area (Å²) in [6.07, 6.45) is 1.87. The molecule has 2 N–H and O–H groups in total. The minimum Gasteiger partial charge on any atom is -0.490 e. The van der Waals surface area contributed by atoms with Crippen LogP contribution in [0.5, 0.6) is 5.75 Å². The lowest BCUT2D eigenvalue weighted by Gasteiger charge is -2.25. The quantitative estimate of drug-likeness (QED) is 0.868. The predicted molar refractivity (Wildman–Crippen MR) is 78.2 cm³/mol. The second-order valence-corrected chi connectivity index (χ2v) is 5.65. The maximum absolute atomic E-state index is 11.5. The zero-order chi connectivity index (χ0) is 14.8. The summed E-state index contributed by atoms with van der Waals surface area (Å²) in [5, 5.41) is 12.6. The van der Waals surface area contributed by atoms with E-state index in [0.29, 0.717) is 19.4 Å². The van der Waals surface area contributed by atoms with Gasteiger partial charge >= 0.3 is 5.97 Å². The van der Waals surface area contributed by atoms with Crippen LogP contribution in [0.25, 0.3) is 0 Å². The van der Waals surface area contributed by atoms with Crippen molar-refractivity contribution in [1.82, 2.24) is 5.32 Å². The third-order valence-electron chi connectivity index (χ3n) is 4.17. The molecule has 1 aliphatic carbocycles. The van der Waals surface area contributed by atoms with Crippen molar-refractivity contribution in [3.63, 3.8) is 0 Å². The van der Waals surface area contributed by atoms with Crippen molar-refractivity contribution in [3.8, 4) is 5.75 Å². The average molecular weight is 277 g/mol. The molecule has 0 spiro atoms. The van der Waals surface area contributed by atoms with Gasteiger partial charge in [-0.15, -0.1) is 0 Å². The molecule has 0 amide bonds. The standard InChI is InChI=1S/C16H23NO3/c1-4-17-16(15(18)19)8-7-14(10-16)20-13-6-5-11(2)12(3)9-13/h5-6,9,14,17H,4,7-8,10H2,1-3H3,(H,18,19). The Hall–Kier alpha value is -1.55. The molecule has 1 aromatic rings. The number of carboxylic acid groups (broad SMARTS) is 1. The summed E-state index contributed by atoms with van der Waals surface area (Å²) < 4.78 is 5.96. The van der Waals surface area contributed by atoms with Crippen molar-refractivity contribution in [2.24, 2.45) is 0 Å². The van der Waals surface area contributed by atoms with E-state index in [0.717, 1.165) is 12.2 Å². The van der Waals surface area contributed by atoms with Crippen molar-refractivity contribution < 1.29 is 14.6 Å². The van der Waals surface area contributed by atoms with E-state index in [4.69, 9.17) is 4.74 Å². The van der Waals surface area contributed by atoms with Crippen LogP contribution >= 0.6 is 0 Å². The summed E-state index contributed by atoms with van der Waals surface area (Å²) in [6, 6.07) is 6.01. The van der Waals surface area contributed by atoms with Gasteiger partial charge in [0.2, 0.25) is 0 Å². The second kappa shape index (κ2) is 5.83. The van der Waals surface area contributed by atoms with Crippen LogP contribution in [0.3, 0.4) is 0 Å². The van der Waals surface area contributed by atoms with Gasteiger partial charge in [0.15, 0.2) is 0 Å². The molecule has 1 aromatic carbocycles. The molecule has 20 heavy (non-hydrogen) atoms. The number of hydrogen-bond acceptors (Lipinski definition) is 3. The third-order valence-corrected chi connectivity index (χ3v) is 4.17. The first-order valence-electron chi connectivity index (χ1n) is 7.19. The molecule has 0 bridgehead atoms. The Morgan fingerprint density at radius 3 is 2.80 bits per heavy atom. The lowest BCUT2D eigenvalue weighted by molar-refractivity contribution is -0.144. The van der Waals surface area contributed by atoms with Crippen molar-refractivity contribution in [3.05, 3.63) is 29.3 Å². The Morgan fingerprint density at radius 1 is 1.45 bits per heavy atom. The van der Waals surface area contributed by atoms with Gasteiger partial charge in [-0.3, -0.25) is 4.79 Å². The molecular weight excluding hydrogens is 254 g/mol. The number of carboxylic acids is 1. The van der Waals surface area contributed by atoms with Crippen LogP contribution in [0.1, 0.15) is 37.3 Å². The van der Waals surface area contributed by atoms with Crippen LogP contribution in [0.15, 0.2) is 18.2 Å². The Labute approximate surface area is 120 Å². The van der Waals surface area contributed by atoms with Crippen LogP contribution in [-0.4, -0.2) is 29.3 Å². The zero-order valence-corrected chi connectivity index (χ0v) is 12.4. The minimum absolute atomic E-state index is 0.0349. The molecule has 1 saturated carbocycles. The summed E-state index contributed by atoms with van der Waals surface area (Å²) >= 11 is 0. The van der Waals surface area contributed by atoms with Crippen molar-refractivity contribution in [1.29, 1.82) is 0 Å². The molecule has 1 fully saturated rings. The number of rotatable bonds is 5. The number of aliphatic carboxylic acids is 1. The van der Waals surface area contributed by atoms with E-state index in [1.54, 1.807) is 0 Å². The highest BCUT2D eigenvalue weighted by Crippen LogP contribution is 2.33. The Balaban J connectivity index is 2.05. The molecule has 110 valence electrons. The van der Waals surface area contributed by atoms with Crippen molar-refractivity contribution in [2.75, 3.05) is 6.54 Å². The molecule has 2 unspecified atom stereocenters. The van der Waals surface area contributed by atoms with E-state index in [1.807, 2.05) is 25.1 Å². The van der Waals surface area contributed by atoms with E-state index < -0.39 is 11.5 Å². The number of hydrogen-bond donors (Lipinski definition) is 2. The Kier molecular flexibility index (Phi) is 4.33. The summed E-state index contributed by atoms with van der Waals surface area (Å²) in [5.74, 6) is 0.0568. The molecule has 2 rings (SSSR count). The van der Waals surface area contributed by atoms with E-state index in [-0.39, 0.29) is 6.10 Å². The molecule has 2 atom stereocenters. The first-order valence-corrected chi connectivity index (χ1v) is 7.19. The smallest absolute Gasteiger partial charge is 0.324 e. The zero-order valence-electron chi connectivity index (χ0n) is 12.4. The maximum atomic E-state index is 11.5. The van der Waals surface area contributed by atoms with E-state index in [9.17, 15) is 9.90 Å². The monoisotopic (exact) mass is 277 g/mol. The third kappa shape index (κ3) is 2.96. The first kappa shape index (κ1) is 14.9. The van der Waals surface area contributed by atoms with Gasteiger partial charge in [0, 0.05) is 6.42 Å². The van der Waals surface area contributed by atoms with Gasteiger partial charge < -0.3 is 15.2 Å². The highest BCUT2D eigenvalue weighted by Gasteiger charge is 2.45. The number of likely N-dealkylation sites (N-methyl/N-ethyl adjacent to an activating group) is 1. The minimum atomic E-state index is -0.820. The molecule has 0 saturated heterocycles. The summed E-state index contributed by atoms with van der Waals surface area (Å²) in [5.41, 5.74) is 1.60. The van der Waals surface area contributed by atoms with E-state index in [1.165, 1.54) is 11.1 Å². The number of benzene rings is 1. The van der Waals surface area contributed by atoms with Gasteiger partial charge in [-0.05, 0) is 56.5 Å². The molecule has 4 nitrogen and oxygen atoms in total. The fourth-order valence-electron chi connectivity index (χ4n) is 2.85. The number of nitrogens with one attached hydrogen (secondary N) is 1. The fraction of sp³-hybridized carbons (Fsp3) is 0.562. The highest BCUT2D eigenvalue weighted by molar-refractivity contribution is 5.79. The van der Waals surface area contributed by atoms with Gasteiger partial charge in [0.05, 0.1) is 0 Å². The van der Waals surface area contributed by atoms with Gasteiger partial charge in [-0.2, -0.15) is 0 Å². The first-order chi connectivity index (χ1) is 9.47. The largest absolute Gasteiger partial charge is 0.490 e. The lowest BCUT2D eigenvalue weighted by Crippen LogP contribution is -2.50. The Morgan fingerprint density at radius 2 is 2.20 bits per heavy atom. The molecule has 4 heteroatoms. The average Bonchev–Trinajstić information content (AvgIpc) is 2.79. The number of ether oxygens (including phenoxy) is 1. The normalized spacial score (nSPS) is 25.6. The van der Waals surface area contributed by atoms with E-state index in [2.05, 4.69) is 19.2 Å². The van der Waals surface area contributed by atoms with Gasteiger partial charge in [-0.1, -0.05) is 13.0 Å². The lowest BCUT2D eigenvalue weighted by atomic mass is 9.98. The fourth-order valence-corrected chi connectivity index (χ4v) is 2.85. The molecule has 1 aliphatic rings. The molecule has 0 aromatic heterocycles. The van der Waals surface area contributed by atoms with E-state index >= 15 is 0 Å². The molecule has 0 heterocycles.